The standard InChI is InChI=1S/C23H24Cl2N7O9P/c1-11(2)14-7-18(29-31(21(14)34)9-40-42(38,10-39-4)30-12(3)22(35)36)41-19-15(24)5-13(6-16(19)25)32-23(37)27-20(33)17(8-26)28-32/h5-7,11-12H,9-10H2,1-4H3,(H,30,38)(H,35,36)(H,27,33,37). The molecule has 42 heavy (non-hydrogen) atoms. The number of carboxylic acids is 1. The highest BCUT2D eigenvalue weighted by atomic mass is 35.5. The number of carboxylic acid groups (broad SMARTS) is 1. The summed E-state index contributed by atoms with van der Waals surface area (Å²) in [6.45, 7) is 4.06. The summed E-state index contributed by atoms with van der Waals surface area (Å²) in [7, 11) is -2.67. The number of aromatic amines is 1. The highest BCUT2D eigenvalue weighted by molar-refractivity contribution is 7.56. The SMILES string of the molecule is COCP(=O)(NC(C)C(=O)O)OCn1nc(Oc2c(Cl)cc(-n3nc(C#N)c(=O)[nH]c3=O)cc2Cl)cc(C(C)C)c1=O. The number of hydrogen-bond acceptors (Lipinski definition) is 11. The maximum atomic E-state index is 13.1. The minimum Gasteiger partial charge on any atom is -0.480 e. The smallest absolute Gasteiger partial charge is 0.349 e. The van der Waals surface area contributed by atoms with E-state index in [1.54, 1.807) is 19.9 Å². The van der Waals surface area contributed by atoms with Crippen LogP contribution in [0.4, 0.5) is 0 Å². The first-order valence-electron chi connectivity index (χ1n) is 11.9. The molecule has 0 saturated carbocycles. The maximum absolute atomic E-state index is 13.1. The Balaban J connectivity index is 2.00. The summed E-state index contributed by atoms with van der Waals surface area (Å²) < 4.78 is 30.8. The second-order valence-corrected chi connectivity index (χ2v) is 11.8. The molecule has 0 bridgehead atoms. The lowest BCUT2D eigenvalue weighted by Gasteiger charge is -2.21. The van der Waals surface area contributed by atoms with E-state index < -0.39 is 55.1 Å². The molecule has 0 spiro atoms. The molecule has 2 atom stereocenters. The van der Waals surface area contributed by atoms with E-state index in [9.17, 15) is 23.7 Å². The highest BCUT2D eigenvalue weighted by Gasteiger charge is 2.29. The molecule has 0 amide bonds. The topological polar surface area (TPSA) is 221 Å². The maximum Gasteiger partial charge on any atom is 0.349 e. The Kier molecular flexibility index (Phi) is 10.4. The predicted molar refractivity (Wildman–Crippen MR) is 149 cm³/mol. The molecule has 2 unspecified atom stereocenters. The zero-order valence-corrected chi connectivity index (χ0v) is 24.9. The van der Waals surface area contributed by atoms with Crippen LogP contribution in [0.5, 0.6) is 11.6 Å². The van der Waals surface area contributed by atoms with Crippen LogP contribution in [0.2, 0.25) is 10.0 Å². The van der Waals surface area contributed by atoms with Crippen LogP contribution in [0, 0.1) is 11.3 Å². The number of aliphatic carboxylic acids is 1. The average Bonchev–Trinajstić information content (AvgIpc) is 2.90. The number of halogens is 2. The molecular formula is C23H24Cl2N7O9P. The molecule has 0 radical (unpaired) electrons. The van der Waals surface area contributed by atoms with Crippen molar-refractivity contribution in [2.45, 2.75) is 39.5 Å². The predicted octanol–water partition coefficient (Wildman–Crippen LogP) is 2.41. The molecule has 0 aliphatic carbocycles. The monoisotopic (exact) mass is 643 g/mol. The zero-order chi connectivity index (χ0) is 31.4. The Hall–Kier alpha value is -3.84. The van der Waals surface area contributed by atoms with Crippen molar-refractivity contribution in [3.63, 3.8) is 0 Å². The molecular weight excluding hydrogens is 620 g/mol. The van der Waals surface area contributed by atoms with E-state index in [1.807, 2.05) is 4.98 Å². The van der Waals surface area contributed by atoms with Crippen LogP contribution in [0.25, 0.3) is 5.69 Å². The van der Waals surface area contributed by atoms with E-state index in [2.05, 4.69) is 15.3 Å². The summed E-state index contributed by atoms with van der Waals surface area (Å²) in [6.07, 6.45) is -0.493. The van der Waals surface area contributed by atoms with Crippen molar-refractivity contribution in [1.82, 2.24) is 29.6 Å². The van der Waals surface area contributed by atoms with Gasteiger partial charge in [-0.2, -0.15) is 14.6 Å². The largest absolute Gasteiger partial charge is 0.480 e. The van der Waals surface area contributed by atoms with Crippen LogP contribution < -0.4 is 26.6 Å². The quantitative estimate of drug-likeness (QED) is 0.241. The van der Waals surface area contributed by atoms with Crippen molar-refractivity contribution in [3.8, 4) is 23.4 Å². The molecule has 2 heterocycles. The van der Waals surface area contributed by atoms with Gasteiger partial charge in [-0.1, -0.05) is 37.0 Å². The van der Waals surface area contributed by atoms with Crippen LogP contribution >= 0.6 is 30.7 Å². The number of nitriles is 1. The lowest BCUT2D eigenvalue weighted by atomic mass is 10.1. The Bertz CT molecular complexity index is 1760. The van der Waals surface area contributed by atoms with Crippen LogP contribution in [0.15, 0.2) is 32.6 Å². The van der Waals surface area contributed by atoms with Gasteiger partial charge in [0.05, 0.1) is 15.7 Å². The van der Waals surface area contributed by atoms with Gasteiger partial charge < -0.3 is 14.6 Å². The summed E-state index contributed by atoms with van der Waals surface area (Å²) in [5.41, 5.74) is -2.85. The normalized spacial score (nSPS) is 13.4. The zero-order valence-electron chi connectivity index (χ0n) is 22.5. The molecule has 2 aromatic heterocycles. The number of nitrogens with one attached hydrogen (secondary N) is 2. The average molecular weight is 644 g/mol. The molecule has 0 aliphatic heterocycles. The Morgan fingerprint density at radius 3 is 2.38 bits per heavy atom. The molecule has 3 rings (SSSR count). The van der Waals surface area contributed by atoms with E-state index >= 15 is 0 Å². The van der Waals surface area contributed by atoms with Crippen molar-refractivity contribution < 1.29 is 28.5 Å². The number of rotatable bonds is 12. The summed E-state index contributed by atoms with van der Waals surface area (Å²) >= 11 is 12.8. The van der Waals surface area contributed by atoms with Crippen molar-refractivity contribution in [3.05, 3.63) is 70.7 Å². The molecule has 3 aromatic rings. The van der Waals surface area contributed by atoms with Gasteiger partial charge in [0.1, 0.15) is 18.5 Å². The molecule has 0 aliphatic rings. The Morgan fingerprint density at radius 1 is 1.19 bits per heavy atom. The van der Waals surface area contributed by atoms with Crippen molar-refractivity contribution in [2.75, 3.05) is 13.5 Å². The van der Waals surface area contributed by atoms with Crippen molar-refractivity contribution in [1.29, 1.82) is 5.26 Å². The molecule has 16 nitrogen and oxygen atoms in total. The van der Waals surface area contributed by atoms with Gasteiger partial charge in [0.25, 0.3) is 18.6 Å². The fourth-order valence-corrected chi connectivity index (χ4v) is 5.50. The van der Waals surface area contributed by atoms with Gasteiger partial charge in [0, 0.05) is 18.7 Å². The van der Waals surface area contributed by atoms with E-state index in [0.717, 1.165) is 4.68 Å². The lowest BCUT2D eigenvalue weighted by molar-refractivity contribution is -0.138. The number of aromatic nitrogens is 5. The summed E-state index contributed by atoms with van der Waals surface area (Å²) in [5.74, 6) is -1.91. The van der Waals surface area contributed by atoms with Crippen molar-refractivity contribution >= 4 is 36.7 Å². The molecule has 0 fully saturated rings. The van der Waals surface area contributed by atoms with Crippen LogP contribution in [0.3, 0.4) is 0 Å². The molecule has 3 N–H and O–H groups in total. The van der Waals surface area contributed by atoms with Gasteiger partial charge in [0.15, 0.2) is 12.5 Å². The first-order valence-corrected chi connectivity index (χ1v) is 14.4. The van der Waals surface area contributed by atoms with Gasteiger partial charge in [0.2, 0.25) is 11.6 Å². The van der Waals surface area contributed by atoms with E-state index in [-0.39, 0.29) is 38.8 Å². The van der Waals surface area contributed by atoms with E-state index in [0.29, 0.717) is 4.68 Å². The number of H-pyrrole nitrogens is 1. The third kappa shape index (κ3) is 7.51. The number of benzene rings is 1. The molecule has 224 valence electrons. The highest BCUT2D eigenvalue weighted by Crippen LogP contribution is 2.43. The van der Waals surface area contributed by atoms with Gasteiger partial charge in [-0.3, -0.25) is 28.5 Å². The van der Waals surface area contributed by atoms with Gasteiger partial charge >= 0.3 is 11.7 Å². The Morgan fingerprint density at radius 2 is 1.83 bits per heavy atom. The van der Waals surface area contributed by atoms with Gasteiger partial charge in [-0.05, 0) is 25.0 Å². The van der Waals surface area contributed by atoms with Gasteiger partial charge in [-0.25, -0.2) is 9.88 Å². The van der Waals surface area contributed by atoms with Gasteiger partial charge in [-0.15, -0.1) is 10.2 Å². The van der Waals surface area contributed by atoms with Crippen molar-refractivity contribution in [2.24, 2.45) is 0 Å². The second kappa shape index (κ2) is 13.4. The van der Waals surface area contributed by atoms with Crippen LogP contribution in [-0.2, 0) is 25.4 Å². The third-order valence-corrected chi connectivity index (χ3v) is 7.89. The molecule has 0 saturated heterocycles. The number of nitrogens with zero attached hydrogens (tertiary/aromatic N) is 5. The number of hydrogen-bond donors (Lipinski definition) is 3. The first kappa shape index (κ1) is 32.7. The third-order valence-electron chi connectivity index (χ3n) is 5.42. The fraction of sp³-hybridized carbons (Fsp3) is 0.348. The fourth-order valence-electron chi connectivity index (χ4n) is 3.39. The summed E-state index contributed by atoms with van der Waals surface area (Å²) in [5, 5.41) is 28.1. The van der Waals surface area contributed by atoms with Crippen LogP contribution in [-0.4, -0.2) is 55.1 Å². The van der Waals surface area contributed by atoms with Crippen LogP contribution in [0.1, 0.15) is 37.9 Å². The van der Waals surface area contributed by atoms with E-state index in [1.165, 1.54) is 32.2 Å². The molecule has 19 heteroatoms. The number of methoxy groups -OCH3 is 1. The lowest BCUT2D eigenvalue weighted by Crippen LogP contribution is -2.34. The minimum atomic E-state index is -3.91. The Labute approximate surface area is 246 Å². The number of carbonyl (C=O) groups is 1. The summed E-state index contributed by atoms with van der Waals surface area (Å²) in [6, 6.07) is 4.12. The number of ether oxygens (including phenoxy) is 2. The molecule has 1 aromatic carbocycles. The van der Waals surface area contributed by atoms with E-state index in [4.69, 9.17) is 47.6 Å². The summed E-state index contributed by atoms with van der Waals surface area (Å²) in [4.78, 5) is 50.2. The first-order chi connectivity index (χ1) is 19.7. The minimum absolute atomic E-state index is 0.00119. The second-order valence-electron chi connectivity index (χ2n) is 8.91.